The molecular weight excluding hydrogens is 299 g/mol. The molecule has 2 N–H and O–H groups in total. The number of alkyl halides is 3. The standard InChI is InChI=1S/C14H14F3N3O2/c15-14(16,17)22-10-3-1-9(2-4-10)11-7-19-13(20-11)12-8-21-6-5-18-12/h1-4,7,12,18H,5-6,8H2,(H,19,20)/t12-/m0/s1. The second-order valence-corrected chi connectivity index (χ2v) is 4.84. The first kappa shape index (κ1) is 14.9. The van der Waals surface area contributed by atoms with Gasteiger partial charge in [-0.25, -0.2) is 4.98 Å². The summed E-state index contributed by atoms with van der Waals surface area (Å²) in [6.07, 6.45) is -3.04. The number of hydrogen-bond acceptors (Lipinski definition) is 4. The lowest BCUT2D eigenvalue weighted by Crippen LogP contribution is -2.35. The predicted octanol–water partition coefficient (Wildman–Crippen LogP) is 2.64. The van der Waals surface area contributed by atoms with E-state index in [0.29, 0.717) is 13.2 Å². The Morgan fingerprint density at radius 2 is 2.00 bits per heavy atom. The molecule has 1 aromatic heterocycles. The average molecular weight is 313 g/mol. The van der Waals surface area contributed by atoms with Crippen LogP contribution in [0.4, 0.5) is 13.2 Å². The van der Waals surface area contributed by atoms with Gasteiger partial charge in [0.1, 0.15) is 11.6 Å². The first-order valence-electron chi connectivity index (χ1n) is 6.73. The van der Waals surface area contributed by atoms with Gasteiger partial charge >= 0.3 is 6.36 Å². The van der Waals surface area contributed by atoms with E-state index in [-0.39, 0.29) is 11.8 Å². The van der Waals surface area contributed by atoms with Crippen LogP contribution in [0, 0.1) is 0 Å². The Hall–Kier alpha value is -2.06. The van der Waals surface area contributed by atoms with Crippen molar-refractivity contribution in [2.24, 2.45) is 0 Å². The van der Waals surface area contributed by atoms with Crippen LogP contribution < -0.4 is 10.1 Å². The molecule has 3 rings (SSSR count). The van der Waals surface area contributed by atoms with Crippen molar-refractivity contribution in [1.29, 1.82) is 0 Å². The van der Waals surface area contributed by atoms with E-state index in [0.717, 1.165) is 23.6 Å². The van der Waals surface area contributed by atoms with Gasteiger partial charge in [0, 0.05) is 6.54 Å². The van der Waals surface area contributed by atoms with Crippen LogP contribution in [0.3, 0.4) is 0 Å². The monoisotopic (exact) mass is 313 g/mol. The van der Waals surface area contributed by atoms with Gasteiger partial charge in [-0.1, -0.05) is 0 Å². The van der Waals surface area contributed by atoms with Gasteiger partial charge in [0.05, 0.1) is 31.1 Å². The Morgan fingerprint density at radius 1 is 1.23 bits per heavy atom. The highest BCUT2D eigenvalue weighted by Gasteiger charge is 2.31. The van der Waals surface area contributed by atoms with Crippen LogP contribution in [0.1, 0.15) is 11.9 Å². The maximum atomic E-state index is 12.1. The van der Waals surface area contributed by atoms with E-state index in [4.69, 9.17) is 4.74 Å². The van der Waals surface area contributed by atoms with E-state index in [2.05, 4.69) is 20.0 Å². The second-order valence-electron chi connectivity index (χ2n) is 4.84. The van der Waals surface area contributed by atoms with Gasteiger partial charge in [0.2, 0.25) is 0 Å². The van der Waals surface area contributed by atoms with Crippen LogP contribution in [0.2, 0.25) is 0 Å². The lowest BCUT2D eigenvalue weighted by molar-refractivity contribution is -0.274. The molecule has 1 aliphatic heterocycles. The number of halogens is 3. The zero-order valence-corrected chi connectivity index (χ0v) is 11.5. The number of imidazole rings is 1. The smallest absolute Gasteiger partial charge is 0.406 e. The molecule has 5 nitrogen and oxygen atoms in total. The Balaban J connectivity index is 1.73. The van der Waals surface area contributed by atoms with E-state index >= 15 is 0 Å². The zero-order valence-electron chi connectivity index (χ0n) is 11.5. The molecule has 0 amide bonds. The minimum atomic E-state index is -4.69. The molecule has 1 aromatic carbocycles. The van der Waals surface area contributed by atoms with Gasteiger partial charge in [-0.05, 0) is 29.8 Å². The fourth-order valence-electron chi connectivity index (χ4n) is 2.24. The predicted molar refractivity (Wildman–Crippen MR) is 72.3 cm³/mol. The molecule has 22 heavy (non-hydrogen) atoms. The van der Waals surface area contributed by atoms with E-state index in [1.807, 2.05) is 0 Å². The molecule has 0 radical (unpaired) electrons. The van der Waals surface area contributed by atoms with Gasteiger partial charge in [-0.2, -0.15) is 0 Å². The summed E-state index contributed by atoms with van der Waals surface area (Å²) in [5, 5.41) is 3.27. The molecule has 1 atom stereocenters. The summed E-state index contributed by atoms with van der Waals surface area (Å²) >= 11 is 0. The lowest BCUT2D eigenvalue weighted by Gasteiger charge is -2.21. The SMILES string of the molecule is FC(F)(F)Oc1ccc(-c2cnc([C@@H]3COCCN3)[nH]2)cc1. The number of morpholine rings is 1. The summed E-state index contributed by atoms with van der Waals surface area (Å²) in [7, 11) is 0. The summed E-state index contributed by atoms with van der Waals surface area (Å²) in [5.74, 6) is 0.489. The second kappa shape index (κ2) is 5.98. The molecule has 0 bridgehead atoms. The third-order valence-electron chi connectivity index (χ3n) is 3.25. The third kappa shape index (κ3) is 3.58. The topological polar surface area (TPSA) is 59.2 Å². The van der Waals surface area contributed by atoms with Crippen LogP contribution in [0.5, 0.6) is 5.75 Å². The number of rotatable bonds is 3. The van der Waals surface area contributed by atoms with E-state index in [1.165, 1.54) is 12.1 Å². The highest BCUT2D eigenvalue weighted by atomic mass is 19.4. The number of nitrogens with zero attached hydrogens (tertiary/aromatic N) is 1. The molecule has 0 aliphatic carbocycles. The van der Waals surface area contributed by atoms with Gasteiger partial charge in [0.15, 0.2) is 0 Å². The van der Waals surface area contributed by atoms with Gasteiger partial charge in [0.25, 0.3) is 0 Å². The first-order chi connectivity index (χ1) is 10.5. The maximum absolute atomic E-state index is 12.1. The molecule has 118 valence electrons. The summed E-state index contributed by atoms with van der Waals surface area (Å²) in [5.41, 5.74) is 1.45. The number of H-pyrrole nitrogens is 1. The summed E-state index contributed by atoms with van der Waals surface area (Å²) in [6, 6.07) is 5.62. The fourth-order valence-corrected chi connectivity index (χ4v) is 2.24. The number of aromatic nitrogens is 2. The molecule has 0 spiro atoms. The summed E-state index contributed by atoms with van der Waals surface area (Å²) in [6.45, 7) is 1.96. The van der Waals surface area contributed by atoms with Crippen molar-refractivity contribution in [3.8, 4) is 17.0 Å². The Labute approximate surface area is 124 Å². The third-order valence-corrected chi connectivity index (χ3v) is 3.25. The van der Waals surface area contributed by atoms with Crippen molar-refractivity contribution in [3.05, 3.63) is 36.3 Å². The van der Waals surface area contributed by atoms with Crippen molar-refractivity contribution < 1.29 is 22.6 Å². The van der Waals surface area contributed by atoms with Crippen LogP contribution in [0.15, 0.2) is 30.5 Å². The van der Waals surface area contributed by atoms with Gasteiger partial charge < -0.3 is 19.8 Å². The highest BCUT2D eigenvalue weighted by Crippen LogP contribution is 2.26. The van der Waals surface area contributed by atoms with Crippen molar-refractivity contribution in [1.82, 2.24) is 15.3 Å². The van der Waals surface area contributed by atoms with Gasteiger partial charge in [-0.3, -0.25) is 0 Å². The average Bonchev–Trinajstić information content (AvgIpc) is 2.97. The number of ether oxygens (including phenoxy) is 2. The fraction of sp³-hybridized carbons (Fsp3) is 0.357. The van der Waals surface area contributed by atoms with E-state index in [1.54, 1.807) is 18.3 Å². The number of hydrogen-bond donors (Lipinski definition) is 2. The molecule has 1 saturated heterocycles. The lowest BCUT2D eigenvalue weighted by atomic mass is 10.1. The summed E-state index contributed by atoms with van der Waals surface area (Å²) in [4.78, 5) is 7.44. The number of aromatic amines is 1. The Kier molecular flexibility index (Phi) is 4.04. The molecule has 0 saturated carbocycles. The molecule has 1 fully saturated rings. The molecule has 1 aliphatic rings. The normalized spacial score (nSPS) is 19.1. The minimum Gasteiger partial charge on any atom is -0.406 e. The van der Waals surface area contributed by atoms with Crippen molar-refractivity contribution in [3.63, 3.8) is 0 Å². The van der Waals surface area contributed by atoms with Crippen LogP contribution in [0.25, 0.3) is 11.3 Å². The molecule has 2 heterocycles. The largest absolute Gasteiger partial charge is 0.573 e. The molecule has 0 unspecified atom stereocenters. The zero-order chi connectivity index (χ0) is 15.6. The van der Waals surface area contributed by atoms with Crippen molar-refractivity contribution in [2.45, 2.75) is 12.4 Å². The summed E-state index contributed by atoms with van der Waals surface area (Å²) < 4.78 is 45.6. The van der Waals surface area contributed by atoms with E-state index in [9.17, 15) is 13.2 Å². The Bertz CT molecular complexity index is 619. The van der Waals surface area contributed by atoms with Crippen LogP contribution in [-0.2, 0) is 4.74 Å². The quantitative estimate of drug-likeness (QED) is 0.914. The van der Waals surface area contributed by atoms with Crippen molar-refractivity contribution >= 4 is 0 Å². The Morgan fingerprint density at radius 3 is 2.64 bits per heavy atom. The highest BCUT2D eigenvalue weighted by molar-refractivity contribution is 5.59. The maximum Gasteiger partial charge on any atom is 0.573 e. The first-order valence-corrected chi connectivity index (χ1v) is 6.73. The van der Waals surface area contributed by atoms with Crippen LogP contribution in [-0.4, -0.2) is 36.1 Å². The van der Waals surface area contributed by atoms with E-state index < -0.39 is 6.36 Å². The molecule has 8 heteroatoms. The van der Waals surface area contributed by atoms with Gasteiger partial charge in [-0.15, -0.1) is 13.2 Å². The van der Waals surface area contributed by atoms with Crippen LogP contribution >= 0.6 is 0 Å². The molecule has 2 aromatic rings. The molecular formula is C14H14F3N3O2. The number of nitrogens with one attached hydrogen (secondary N) is 2. The number of benzene rings is 1. The minimum absolute atomic E-state index is 0.00432. The van der Waals surface area contributed by atoms with Crippen molar-refractivity contribution in [2.75, 3.05) is 19.8 Å².